The number of likely N-dealkylation sites (N-methyl/N-ethyl adjacent to an activating group) is 1. The van der Waals surface area contributed by atoms with Gasteiger partial charge in [0.05, 0.1) is 6.54 Å². The van der Waals surface area contributed by atoms with Gasteiger partial charge in [0.1, 0.15) is 5.75 Å². The maximum atomic E-state index is 12.7. The predicted molar refractivity (Wildman–Crippen MR) is 99.8 cm³/mol. The SMILES string of the molecule is CN1CCN(CC(=O)N[C@]2(C)CCCC[C@@H]2c2ccc(O)cc2)CC1. The van der Waals surface area contributed by atoms with E-state index in [2.05, 4.69) is 29.1 Å². The van der Waals surface area contributed by atoms with E-state index in [0.29, 0.717) is 18.2 Å². The number of nitrogens with zero attached hydrogens (tertiary/aromatic N) is 2. The number of rotatable bonds is 4. The Labute approximate surface area is 151 Å². The lowest BCUT2D eigenvalue weighted by Gasteiger charge is -2.43. The van der Waals surface area contributed by atoms with Gasteiger partial charge >= 0.3 is 0 Å². The molecule has 0 bridgehead atoms. The Balaban J connectivity index is 1.65. The van der Waals surface area contributed by atoms with Gasteiger partial charge in [0.25, 0.3) is 0 Å². The van der Waals surface area contributed by atoms with Crippen LogP contribution >= 0.6 is 0 Å². The van der Waals surface area contributed by atoms with Crippen molar-refractivity contribution in [1.82, 2.24) is 15.1 Å². The number of phenols is 1. The summed E-state index contributed by atoms with van der Waals surface area (Å²) >= 11 is 0. The molecule has 1 aromatic carbocycles. The van der Waals surface area contributed by atoms with Crippen LogP contribution in [-0.2, 0) is 4.79 Å². The summed E-state index contributed by atoms with van der Waals surface area (Å²) in [5.41, 5.74) is 0.999. The summed E-state index contributed by atoms with van der Waals surface area (Å²) in [5, 5.41) is 12.9. The average Bonchev–Trinajstić information content (AvgIpc) is 2.58. The Kier molecular flexibility index (Phi) is 5.64. The largest absolute Gasteiger partial charge is 0.508 e. The second-order valence-corrected chi connectivity index (χ2v) is 7.93. The van der Waals surface area contributed by atoms with Crippen molar-refractivity contribution >= 4 is 5.91 Å². The van der Waals surface area contributed by atoms with Crippen molar-refractivity contribution in [2.45, 2.75) is 44.1 Å². The van der Waals surface area contributed by atoms with Gasteiger partial charge in [-0.2, -0.15) is 0 Å². The Morgan fingerprint density at radius 3 is 2.56 bits per heavy atom. The van der Waals surface area contributed by atoms with E-state index in [1.807, 2.05) is 12.1 Å². The molecule has 1 heterocycles. The summed E-state index contributed by atoms with van der Waals surface area (Å²) in [7, 11) is 2.13. The summed E-state index contributed by atoms with van der Waals surface area (Å²) in [6.45, 7) is 6.66. The van der Waals surface area contributed by atoms with Crippen molar-refractivity contribution < 1.29 is 9.90 Å². The lowest BCUT2D eigenvalue weighted by molar-refractivity contribution is -0.125. The normalized spacial score (nSPS) is 28.6. The number of hydrogen-bond donors (Lipinski definition) is 2. The first kappa shape index (κ1) is 18.2. The van der Waals surface area contributed by atoms with E-state index in [-0.39, 0.29) is 11.4 Å². The molecule has 2 N–H and O–H groups in total. The molecule has 0 aromatic heterocycles. The number of aromatic hydroxyl groups is 1. The maximum Gasteiger partial charge on any atom is 0.234 e. The van der Waals surface area contributed by atoms with Crippen LogP contribution in [0.4, 0.5) is 0 Å². The molecule has 1 aliphatic carbocycles. The molecular formula is C20H31N3O2. The molecule has 0 unspecified atom stereocenters. The highest BCUT2D eigenvalue weighted by Gasteiger charge is 2.38. The summed E-state index contributed by atoms with van der Waals surface area (Å²) < 4.78 is 0. The highest BCUT2D eigenvalue weighted by atomic mass is 16.3. The minimum atomic E-state index is -0.209. The molecule has 2 fully saturated rings. The molecule has 2 atom stereocenters. The van der Waals surface area contributed by atoms with E-state index in [1.54, 1.807) is 12.1 Å². The number of amides is 1. The van der Waals surface area contributed by atoms with E-state index >= 15 is 0 Å². The zero-order chi connectivity index (χ0) is 17.9. The van der Waals surface area contributed by atoms with E-state index in [0.717, 1.165) is 45.4 Å². The first-order valence-corrected chi connectivity index (χ1v) is 9.47. The molecule has 5 heteroatoms. The molecule has 138 valence electrons. The van der Waals surface area contributed by atoms with Crippen LogP contribution in [0.5, 0.6) is 5.75 Å². The Bertz CT molecular complexity index is 581. The topological polar surface area (TPSA) is 55.8 Å². The number of benzene rings is 1. The zero-order valence-corrected chi connectivity index (χ0v) is 15.5. The molecule has 1 saturated heterocycles. The molecule has 1 amide bonds. The zero-order valence-electron chi connectivity index (χ0n) is 15.5. The van der Waals surface area contributed by atoms with Crippen LogP contribution in [-0.4, -0.2) is 66.1 Å². The Morgan fingerprint density at radius 2 is 1.88 bits per heavy atom. The van der Waals surface area contributed by atoms with E-state index in [4.69, 9.17) is 0 Å². The summed E-state index contributed by atoms with van der Waals surface area (Å²) in [5.74, 6) is 0.733. The number of hydrogen-bond acceptors (Lipinski definition) is 4. The standard InChI is InChI=1S/C20H31N3O2/c1-20(21-19(25)15-23-13-11-22(2)12-14-23)10-4-3-5-18(20)16-6-8-17(24)9-7-16/h6-9,18,24H,3-5,10-15H2,1-2H3,(H,21,25)/t18-,20-/m1/s1. The van der Waals surface area contributed by atoms with Gasteiger partial charge < -0.3 is 15.3 Å². The second-order valence-electron chi connectivity index (χ2n) is 7.93. The molecule has 0 radical (unpaired) electrons. The van der Waals surface area contributed by atoms with E-state index < -0.39 is 0 Å². The molecule has 5 nitrogen and oxygen atoms in total. The van der Waals surface area contributed by atoms with Gasteiger partial charge in [-0.05, 0) is 44.5 Å². The minimum Gasteiger partial charge on any atom is -0.508 e. The van der Waals surface area contributed by atoms with Gasteiger partial charge in [0.2, 0.25) is 5.91 Å². The third kappa shape index (κ3) is 4.53. The van der Waals surface area contributed by atoms with Crippen molar-refractivity contribution in [3.8, 4) is 5.75 Å². The number of phenolic OH excluding ortho intramolecular Hbond substituents is 1. The molecule has 3 rings (SSSR count). The fourth-order valence-corrected chi connectivity index (χ4v) is 4.29. The highest BCUT2D eigenvalue weighted by Crippen LogP contribution is 2.41. The van der Waals surface area contributed by atoms with Gasteiger partial charge in [-0.15, -0.1) is 0 Å². The summed E-state index contributed by atoms with van der Waals surface area (Å²) in [6, 6.07) is 7.49. The van der Waals surface area contributed by atoms with Crippen molar-refractivity contribution in [3.05, 3.63) is 29.8 Å². The molecular weight excluding hydrogens is 314 g/mol. The second kappa shape index (κ2) is 7.75. The molecule has 1 aliphatic heterocycles. The van der Waals surface area contributed by atoms with Gasteiger partial charge in [-0.1, -0.05) is 25.0 Å². The lowest BCUT2D eigenvalue weighted by atomic mass is 9.70. The van der Waals surface area contributed by atoms with Crippen molar-refractivity contribution in [2.75, 3.05) is 39.8 Å². The van der Waals surface area contributed by atoms with Gasteiger partial charge in [-0.25, -0.2) is 0 Å². The predicted octanol–water partition coefficient (Wildman–Crippen LogP) is 2.17. The van der Waals surface area contributed by atoms with Gasteiger partial charge in [0, 0.05) is 37.6 Å². The number of carbonyl (C=O) groups excluding carboxylic acids is 1. The van der Waals surface area contributed by atoms with Crippen LogP contribution in [0.15, 0.2) is 24.3 Å². The van der Waals surface area contributed by atoms with Crippen molar-refractivity contribution in [1.29, 1.82) is 0 Å². The van der Waals surface area contributed by atoms with Crippen LogP contribution < -0.4 is 5.32 Å². The molecule has 2 aliphatic rings. The quantitative estimate of drug-likeness (QED) is 0.878. The molecule has 0 spiro atoms. The number of nitrogens with one attached hydrogen (secondary N) is 1. The number of carbonyl (C=O) groups is 1. The molecule has 1 aromatic rings. The van der Waals surface area contributed by atoms with Crippen LogP contribution in [0.2, 0.25) is 0 Å². The smallest absolute Gasteiger partial charge is 0.234 e. The van der Waals surface area contributed by atoms with E-state index in [1.165, 1.54) is 12.0 Å². The third-order valence-electron chi connectivity index (χ3n) is 5.89. The molecule has 25 heavy (non-hydrogen) atoms. The maximum absolute atomic E-state index is 12.7. The summed E-state index contributed by atoms with van der Waals surface area (Å²) in [4.78, 5) is 17.2. The van der Waals surface area contributed by atoms with Gasteiger partial charge in [0.15, 0.2) is 0 Å². The van der Waals surface area contributed by atoms with Crippen LogP contribution in [0.1, 0.15) is 44.1 Å². The Morgan fingerprint density at radius 1 is 1.20 bits per heavy atom. The number of piperazine rings is 1. The molecule has 1 saturated carbocycles. The lowest BCUT2D eigenvalue weighted by Crippen LogP contribution is -2.55. The first-order valence-electron chi connectivity index (χ1n) is 9.47. The van der Waals surface area contributed by atoms with Crippen LogP contribution in [0, 0.1) is 0 Å². The fourth-order valence-electron chi connectivity index (χ4n) is 4.29. The fraction of sp³-hybridized carbons (Fsp3) is 0.650. The van der Waals surface area contributed by atoms with Gasteiger partial charge in [-0.3, -0.25) is 9.69 Å². The summed E-state index contributed by atoms with van der Waals surface area (Å²) in [6.07, 6.45) is 4.43. The van der Waals surface area contributed by atoms with E-state index in [9.17, 15) is 9.90 Å². The third-order valence-corrected chi connectivity index (χ3v) is 5.89. The Hall–Kier alpha value is -1.59. The van der Waals surface area contributed by atoms with Crippen molar-refractivity contribution in [3.63, 3.8) is 0 Å². The van der Waals surface area contributed by atoms with Crippen LogP contribution in [0.3, 0.4) is 0 Å². The minimum absolute atomic E-state index is 0.137. The van der Waals surface area contributed by atoms with Crippen LogP contribution in [0.25, 0.3) is 0 Å². The monoisotopic (exact) mass is 345 g/mol. The first-order chi connectivity index (χ1) is 12.0. The average molecular weight is 345 g/mol. The highest BCUT2D eigenvalue weighted by molar-refractivity contribution is 5.79. The van der Waals surface area contributed by atoms with Crippen molar-refractivity contribution in [2.24, 2.45) is 0 Å².